The summed E-state index contributed by atoms with van der Waals surface area (Å²) in [6.07, 6.45) is 1.12. The van der Waals surface area contributed by atoms with Crippen LogP contribution in [-0.2, 0) is 6.54 Å². The number of nitrogens with one attached hydrogen (secondary N) is 1. The van der Waals surface area contributed by atoms with Crippen LogP contribution in [0.5, 0.6) is 0 Å². The van der Waals surface area contributed by atoms with Crippen LogP contribution in [-0.4, -0.2) is 34.1 Å². The zero-order valence-electron chi connectivity index (χ0n) is 11.4. The maximum Gasteiger partial charge on any atom is 0.178 e. The number of benzene rings is 1. The highest BCUT2D eigenvalue weighted by Crippen LogP contribution is 2.19. The molecule has 0 spiro atoms. The Morgan fingerprint density at radius 3 is 2.74 bits per heavy atom. The number of H-pyrrole nitrogens is 1. The molecule has 0 saturated carbocycles. The minimum atomic E-state index is 0.813. The zero-order valence-corrected chi connectivity index (χ0v) is 13.9. The molecular formula is C14H20BrN3S. The third-order valence-electron chi connectivity index (χ3n) is 3.49. The normalized spacial score (nSPS) is 11.6. The van der Waals surface area contributed by atoms with Crippen molar-refractivity contribution >= 4 is 39.2 Å². The molecule has 0 unspecified atom stereocenters. The number of halogens is 1. The van der Waals surface area contributed by atoms with Gasteiger partial charge in [-0.25, -0.2) is 0 Å². The number of hydrogen-bond acceptors (Lipinski definition) is 2. The Labute approximate surface area is 127 Å². The van der Waals surface area contributed by atoms with Gasteiger partial charge in [-0.05, 0) is 56.5 Å². The van der Waals surface area contributed by atoms with E-state index in [-0.39, 0.29) is 0 Å². The van der Waals surface area contributed by atoms with Gasteiger partial charge in [-0.15, -0.1) is 0 Å². The van der Waals surface area contributed by atoms with E-state index in [1.54, 1.807) is 0 Å². The summed E-state index contributed by atoms with van der Waals surface area (Å²) in [4.78, 5) is 5.71. The van der Waals surface area contributed by atoms with Crippen molar-refractivity contribution in [3.05, 3.63) is 27.4 Å². The van der Waals surface area contributed by atoms with Gasteiger partial charge >= 0.3 is 0 Å². The van der Waals surface area contributed by atoms with Crippen molar-refractivity contribution in [3.8, 4) is 0 Å². The number of rotatable bonds is 6. The summed E-state index contributed by atoms with van der Waals surface area (Å²) in [5.41, 5.74) is 2.29. The Hall–Kier alpha value is -0.650. The maximum atomic E-state index is 5.41. The van der Waals surface area contributed by atoms with Gasteiger partial charge < -0.3 is 14.5 Å². The second kappa shape index (κ2) is 6.68. The third kappa shape index (κ3) is 3.46. The highest BCUT2D eigenvalue weighted by molar-refractivity contribution is 9.10. The van der Waals surface area contributed by atoms with E-state index in [0.717, 1.165) is 47.4 Å². The Kier molecular flexibility index (Phi) is 5.19. The molecule has 3 nitrogen and oxygen atoms in total. The first-order valence-electron chi connectivity index (χ1n) is 6.76. The molecule has 0 radical (unpaired) electrons. The molecule has 0 atom stereocenters. The van der Waals surface area contributed by atoms with Crippen LogP contribution in [0.3, 0.4) is 0 Å². The van der Waals surface area contributed by atoms with E-state index in [0.29, 0.717) is 0 Å². The quantitative estimate of drug-likeness (QED) is 0.796. The molecule has 0 aliphatic heterocycles. The number of nitrogens with zero attached hydrogens (tertiary/aromatic N) is 2. The average molecular weight is 342 g/mol. The van der Waals surface area contributed by atoms with E-state index in [9.17, 15) is 0 Å². The zero-order chi connectivity index (χ0) is 13.8. The average Bonchev–Trinajstić information content (AvgIpc) is 2.70. The Balaban J connectivity index is 2.12. The van der Waals surface area contributed by atoms with Gasteiger partial charge in [-0.1, -0.05) is 29.8 Å². The van der Waals surface area contributed by atoms with E-state index in [1.807, 2.05) is 0 Å². The van der Waals surface area contributed by atoms with Crippen molar-refractivity contribution in [3.63, 3.8) is 0 Å². The van der Waals surface area contributed by atoms with Crippen LogP contribution in [0.25, 0.3) is 11.0 Å². The van der Waals surface area contributed by atoms with Gasteiger partial charge in [0.05, 0.1) is 11.0 Å². The summed E-state index contributed by atoms with van der Waals surface area (Å²) in [6, 6.07) is 6.25. The second-order valence-electron chi connectivity index (χ2n) is 4.62. The molecule has 19 heavy (non-hydrogen) atoms. The summed E-state index contributed by atoms with van der Waals surface area (Å²) in [5, 5.41) is 0. The van der Waals surface area contributed by atoms with Crippen LogP contribution in [0.4, 0.5) is 0 Å². The molecule has 1 N–H and O–H groups in total. The number of aromatic nitrogens is 2. The molecule has 2 rings (SSSR count). The molecule has 1 heterocycles. The van der Waals surface area contributed by atoms with Crippen LogP contribution in [0.1, 0.15) is 20.3 Å². The van der Waals surface area contributed by atoms with Crippen molar-refractivity contribution in [2.24, 2.45) is 0 Å². The number of hydrogen-bond donors (Lipinski definition) is 1. The molecule has 1 aromatic carbocycles. The molecule has 2 aromatic rings. The van der Waals surface area contributed by atoms with Gasteiger partial charge in [0.15, 0.2) is 4.77 Å². The third-order valence-corrected chi connectivity index (χ3v) is 4.30. The number of imidazole rings is 1. The largest absolute Gasteiger partial charge is 0.331 e. The van der Waals surface area contributed by atoms with E-state index in [1.165, 1.54) is 5.52 Å². The maximum absolute atomic E-state index is 5.41. The van der Waals surface area contributed by atoms with Crippen molar-refractivity contribution in [1.82, 2.24) is 14.5 Å². The lowest BCUT2D eigenvalue weighted by Crippen LogP contribution is -2.24. The predicted molar refractivity (Wildman–Crippen MR) is 87.2 cm³/mol. The highest BCUT2D eigenvalue weighted by Gasteiger charge is 2.05. The fraction of sp³-hybridized carbons (Fsp3) is 0.500. The Morgan fingerprint density at radius 2 is 2.05 bits per heavy atom. The van der Waals surface area contributed by atoms with Gasteiger partial charge in [-0.3, -0.25) is 0 Å². The fourth-order valence-electron chi connectivity index (χ4n) is 2.35. The fourth-order valence-corrected chi connectivity index (χ4v) is 3.01. The van der Waals surface area contributed by atoms with Crippen molar-refractivity contribution < 1.29 is 0 Å². The lowest BCUT2D eigenvalue weighted by molar-refractivity contribution is 0.293. The smallest absolute Gasteiger partial charge is 0.178 e. The summed E-state index contributed by atoms with van der Waals surface area (Å²) >= 11 is 8.90. The van der Waals surface area contributed by atoms with Crippen LogP contribution >= 0.6 is 28.1 Å². The van der Waals surface area contributed by atoms with Gasteiger partial charge in [0.25, 0.3) is 0 Å². The number of aromatic amines is 1. The summed E-state index contributed by atoms with van der Waals surface area (Å²) < 4.78 is 4.08. The predicted octanol–water partition coefficient (Wildman–Crippen LogP) is 4.19. The summed E-state index contributed by atoms with van der Waals surface area (Å²) in [7, 11) is 0. The molecule has 1 aromatic heterocycles. The Bertz CT molecular complexity index is 598. The number of aryl methyl sites for hydroxylation is 1. The van der Waals surface area contributed by atoms with Gasteiger partial charge in [-0.2, -0.15) is 0 Å². The number of fused-ring (bicyclic) bond motifs is 1. The molecule has 104 valence electrons. The lowest BCUT2D eigenvalue weighted by Gasteiger charge is -2.17. The minimum absolute atomic E-state index is 0.813. The molecule has 0 amide bonds. The van der Waals surface area contributed by atoms with E-state index < -0.39 is 0 Å². The van der Waals surface area contributed by atoms with Crippen molar-refractivity contribution in [2.75, 3.05) is 19.6 Å². The molecule has 0 aliphatic rings. The van der Waals surface area contributed by atoms with Gasteiger partial charge in [0, 0.05) is 11.0 Å². The van der Waals surface area contributed by atoms with Crippen LogP contribution < -0.4 is 0 Å². The molecular weight excluding hydrogens is 322 g/mol. The Morgan fingerprint density at radius 1 is 1.32 bits per heavy atom. The first-order valence-corrected chi connectivity index (χ1v) is 7.96. The standard InChI is InChI=1S/C14H20BrN3S/c1-3-17(4-2)8-5-9-18-13-7-6-11(15)10-12(13)16-14(18)19/h6-7,10H,3-5,8-9H2,1-2H3,(H,16,19). The first kappa shape index (κ1) is 14.8. The lowest BCUT2D eigenvalue weighted by atomic mass is 10.3. The molecule has 0 aliphatic carbocycles. The van der Waals surface area contributed by atoms with Crippen molar-refractivity contribution in [1.29, 1.82) is 0 Å². The molecule has 0 saturated heterocycles. The monoisotopic (exact) mass is 341 g/mol. The molecule has 0 bridgehead atoms. The second-order valence-corrected chi connectivity index (χ2v) is 5.93. The van der Waals surface area contributed by atoms with Crippen molar-refractivity contribution in [2.45, 2.75) is 26.8 Å². The molecule has 0 fully saturated rings. The topological polar surface area (TPSA) is 24.0 Å². The van der Waals surface area contributed by atoms with Gasteiger partial charge in [0.1, 0.15) is 0 Å². The van der Waals surface area contributed by atoms with Crippen LogP contribution in [0.2, 0.25) is 0 Å². The first-order chi connectivity index (χ1) is 9.15. The summed E-state index contributed by atoms with van der Waals surface area (Å²) in [5.74, 6) is 0. The SMILES string of the molecule is CCN(CC)CCCn1c(=S)[nH]c2cc(Br)ccc21. The molecule has 5 heteroatoms. The van der Waals surface area contributed by atoms with E-state index in [2.05, 4.69) is 62.4 Å². The van der Waals surface area contributed by atoms with Crippen LogP contribution in [0.15, 0.2) is 22.7 Å². The highest BCUT2D eigenvalue weighted by atomic mass is 79.9. The van der Waals surface area contributed by atoms with Gasteiger partial charge in [0.2, 0.25) is 0 Å². The van der Waals surface area contributed by atoms with E-state index in [4.69, 9.17) is 12.2 Å². The van der Waals surface area contributed by atoms with Crippen LogP contribution in [0, 0.1) is 4.77 Å². The van der Waals surface area contributed by atoms with E-state index >= 15 is 0 Å². The summed E-state index contributed by atoms with van der Waals surface area (Å²) in [6.45, 7) is 8.73. The minimum Gasteiger partial charge on any atom is -0.331 e.